The van der Waals surface area contributed by atoms with Crippen LogP contribution in [0.25, 0.3) is 0 Å². The Bertz CT molecular complexity index is 560. The minimum Gasteiger partial charge on any atom is -0.469 e. The van der Waals surface area contributed by atoms with Crippen LogP contribution in [0.15, 0.2) is 51.6 Å². The summed E-state index contributed by atoms with van der Waals surface area (Å²) in [4.78, 5) is 0. The minimum atomic E-state index is 0.545. The summed E-state index contributed by atoms with van der Waals surface area (Å²) in [6.07, 6.45) is 6.40. The lowest BCUT2D eigenvalue weighted by molar-refractivity contribution is 0.264. The zero-order chi connectivity index (χ0) is 14.7. The Labute approximate surface area is 135 Å². The van der Waals surface area contributed by atoms with Gasteiger partial charge in [0, 0.05) is 23.0 Å². The van der Waals surface area contributed by atoms with E-state index >= 15 is 0 Å². The molecule has 3 rings (SSSR count). The molecule has 112 valence electrons. The van der Waals surface area contributed by atoms with E-state index in [1.807, 2.05) is 6.07 Å². The van der Waals surface area contributed by atoms with Crippen molar-refractivity contribution in [2.45, 2.75) is 50.6 Å². The maximum Gasteiger partial charge on any atom is 0.103 e. The quantitative estimate of drug-likeness (QED) is 0.803. The van der Waals surface area contributed by atoms with Gasteiger partial charge in [0.25, 0.3) is 0 Å². The molecule has 1 unspecified atom stereocenters. The van der Waals surface area contributed by atoms with Crippen molar-refractivity contribution in [1.29, 1.82) is 0 Å². The molecule has 0 spiro atoms. The first kappa shape index (κ1) is 14.9. The van der Waals surface area contributed by atoms with Crippen LogP contribution in [-0.2, 0) is 6.42 Å². The maximum atomic E-state index is 5.38. The molecule has 0 saturated heterocycles. The van der Waals surface area contributed by atoms with Gasteiger partial charge in [-0.2, -0.15) is 0 Å². The Morgan fingerprint density at radius 2 is 2.14 bits per heavy atom. The highest BCUT2D eigenvalue weighted by Crippen LogP contribution is 2.37. The summed E-state index contributed by atoms with van der Waals surface area (Å²) in [7, 11) is 0. The second kappa shape index (κ2) is 6.80. The summed E-state index contributed by atoms with van der Waals surface area (Å²) in [6, 6.07) is 13.9. The second-order valence-electron chi connectivity index (χ2n) is 6.11. The molecule has 3 heteroatoms. The SMILES string of the molecule is CC(CCc1ccco1)NC1CC(c2cccc(Br)c2)C1. The van der Waals surface area contributed by atoms with Gasteiger partial charge < -0.3 is 9.73 Å². The van der Waals surface area contributed by atoms with Crippen LogP contribution in [-0.4, -0.2) is 12.1 Å². The molecule has 1 aromatic carbocycles. The molecule has 1 aromatic heterocycles. The van der Waals surface area contributed by atoms with E-state index < -0.39 is 0 Å². The van der Waals surface area contributed by atoms with Gasteiger partial charge in [-0.1, -0.05) is 28.1 Å². The molecule has 2 nitrogen and oxygen atoms in total. The van der Waals surface area contributed by atoms with E-state index in [9.17, 15) is 0 Å². The van der Waals surface area contributed by atoms with Crippen LogP contribution >= 0.6 is 15.9 Å². The summed E-state index contributed by atoms with van der Waals surface area (Å²) >= 11 is 3.55. The average molecular weight is 348 g/mol. The van der Waals surface area contributed by atoms with Crippen molar-refractivity contribution in [3.8, 4) is 0 Å². The van der Waals surface area contributed by atoms with Crippen LogP contribution in [0.4, 0.5) is 0 Å². The lowest BCUT2D eigenvalue weighted by Crippen LogP contribution is -2.44. The van der Waals surface area contributed by atoms with E-state index in [2.05, 4.69) is 58.5 Å². The van der Waals surface area contributed by atoms with Crippen LogP contribution in [0.1, 0.15) is 43.4 Å². The number of hydrogen-bond donors (Lipinski definition) is 1. The predicted octanol–water partition coefficient (Wildman–Crippen LogP) is 4.90. The molecular formula is C18H22BrNO. The third kappa shape index (κ3) is 3.98. The molecule has 1 aliphatic rings. The van der Waals surface area contributed by atoms with Crippen LogP contribution < -0.4 is 5.32 Å². The third-order valence-electron chi connectivity index (χ3n) is 4.38. The summed E-state index contributed by atoms with van der Waals surface area (Å²) in [5.74, 6) is 1.81. The highest BCUT2D eigenvalue weighted by atomic mass is 79.9. The van der Waals surface area contributed by atoms with Crippen molar-refractivity contribution in [3.05, 3.63) is 58.5 Å². The summed E-state index contributed by atoms with van der Waals surface area (Å²) in [6.45, 7) is 2.27. The van der Waals surface area contributed by atoms with Crippen molar-refractivity contribution < 1.29 is 4.42 Å². The van der Waals surface area contributed by atoms with Gasteiger partial charge in [0.05, 0.1) is 6.26 Å². The van der Waals surface area contributed by atoms with Gasteiger partial charge in [0.2, 0.25) is 0 Å². The number of hydrogen-bond acceptors (Lipinski definition) is 2. The van der Waals surface area contributed by atoms with Crippen LogP contribution in [0, 0.1) is 0 Å². The maximum absolute atomic E-state index is 5.38. The molecule has 0 radical (unpaired) electrons. The molecule has 0 bridgehead atoms. The topological polar surface area (TPSA) is 25.2 Å². The Hall–Kier alpha value is -1.06. The van der Waals surface area contributed by atoms with E-state index in [0.29, 0.717) is 12.1 Å². The molecule has 1 saturated carbocycles. The van der Waals surface area contributed by atoms with Gasteiger partial charge in [0.15, 0.2) is 0 Å². The van der Waals surface area contributed by atoms with Crippen LogP contribution in [0.2, 0.25) is 0 Å². The standard InChI is InChI=1S/C18H22BrNO/c1-13(7-8-18-6-3-9-21-18)20-17-11-15(12-17)14-4-2-5-16(19)10-14/h2-6,9-10,13,15,17,20H,7-8,11-12H2,1H3. The smallest absolute Gasteiger partial charge is 0.103 e. The molecule has 21 heavy (non-hydrogen) atoms. The first-order valence-corrected chi connectivity index (χ1v) is 8.54. The average Bonchev–Trinajstić information content (AvgIpc) is 2.93. The van der Waals surface area contributed by atoms with Crippen LogP contribution in [0.3, 0.4) is 0 Å². The molecule has 1 heterocycles. The fourth-order valence-electron chi connectivity index (χ4n) is 3.09. The number of nitrogens with one attached hydrogen (secondary N) is 1. The largest absolute Gasteiger partial charge is 0.469 e. The van der Waals surface area contributed by atoms with Gasteiger partial charge in [-0.3, -0.25) is 0 Å². The molecule has 0 amide bonds. The van der Waals surface area contributed by atoms with E-state index in [-0.39, 0.29) is 0 Å². The summed E-state index contributed by atoms with van der Waals surface area (Å²) < 4.78 is 6.57. The van der Waals surface area contributed by atoms with Crippen molar-refractivity contribution in [2.75, 3.05) is 0 Å². The Morgan fingerprint density at radius 1 is 1.29 bits per heavy atom. The second-order valence-corrected chi connectivity index (χ2v) is 7.02. The fraction of sp³-hybridized carbons (Fsp3) is 0.444. The molecule has 1 fully saturated rings. The normalized spacial score (nSPS) is 22.8. The Balaban J connectivity index is 1.40. The number of benzene rings is 1. The van der Waals surface area contributed by atoms with Crippen molar-refractivity contribution in [1.82, 2.24) is 5.32 Å². The highest BCUT2D eigenvalue weighted by molar-refractivity contribution is 9.10. The van der Waals surface area contributed by atoms with Gasteiger partial charge in [-0.15, -0.1) is 0 Å². The number of halogens is 1. The molecule has 1 atom stereocenters. The number of rotatable bonds is 6. The molecule has 1 aliphatic carbocycles. The van der Waals surface area contributed by atoms with Gasteiger partial charge >= 0.3 is 0 Å². The van der Waals surface area contributed by atoms with Gasteiger partial charge in [0.1, 0.15) is 5.76 Å². The summed E-state index contributed by atoms with van der Waals surface area (Å²) in [5, 5.41) is 3.74. The van der Waals surface area contributed by atoms with E-state index in [1.165, 1.54) is 22.9 Å². The summed E-state index contributed by atoms with van der Waals surface area (Å²) in [5.41, 5.74) is 1.46. The highest BCUT2D eigenvalue weighted by Gasteiger charge is 2.30. The van der Waals surface area contributed by atoms with E-state index in [4.69, 9.17) is 4.42 Å². The number of furan rings is 1. The van der Waals surface area contributed by atoms with Gasteiger partial charge in [-0.25, -0.2) is 0 Å². The monoisotopic (exact) mass is 347 g/mol. The predicted molar refractivity (Wildman–Crippen MR) is 89.5 cm³/mol. The third-order valence-corrected chi connectivity index (χ3v) is 4.88. The van der Waals surface area contributed by atoms with Crippen molar-refractivity contribution >= 4 is 15.9 Å². The molecule has 2 aromatic rings. The minimum absolute atomic E-state index is 0.545. The van der Waals surface area contributed by atoms with Crippen LogP contribution in [0.5, 0.6) is 0 Å². The zero-order valence-electron chi connectivity index (χ0n) is 12.4. The number of aryl methyl sites for hydroxylation is 1. The fourth-order valence-corrected chi connectivity index (χ4v) is 3.50. The molecule has 0 aliphatic heterocycles. The first-order valence-electron chi connectivity index (χ1n) is 7.74. The Morgan fingerprint density at radius 3 is 2.86 bits per heavy atom. The lowest BCUT2D eigenvalue weighted by Gasteiger charge is -2.38. The molecule has 1 N–H and O–H groups in total. The lowest BCUT2D eigenvalue weighted by atomic mass is 9.75. The zero-order valence-corrected chi connectivity index (χ0v) is 14.0. The van der Waals surface area contributed by atoms with Gasteiger partial charge in [-0.05, 0) is 61.9 Å². The Kier molecular flexibility index (Phi) is 4.81. The van der Waals surface area contributed by atoms with E-state index in [1.54, 1.807) is 6.26 Å². The van der Waals surface area contributed by atoms with Crippen molar-refractivity contribution in [3.63, 3.8) is 0 Å². The van der Waals surface area contributed by atoms with E-state index in [0.717, 1.165) is 24.5 Å². The van der Waals surface area contributed by atoms with Crippen molar-refractivity contribution in [2.24, 2.45) is 0 Å². The molecular weight excluding hydrogens is 326 g/mol. The first-order chi connectivity index (χ1) is 10.2.